The van der Waals surface area contributed by atoms with Crippen LogP contribution in [0.5, 0.6) is 0 Å². The minimum Gasteiger partial charge on any atom is -0.396 e. The third kappa shape index (κ3) is 3.27. The normalized spacial score (nSPS) is 21.7. The van der Waals surface area contributed by atoms with Gasteiger partial charge in [0, 0.05) is 19.7 Å². The van der Waals surface area contributed by atoms with Gasteiger partial charge in [-0.1, -0.05) is 6.07 Å². The summed E-state index contributed by atoms with van der Waals surface area (Å²) in [5.74, 6) is 0.239. The van der Waals surface area contributed by atoms with E-state index in [0.29, 0.717) is 5.92 Å². The number of aliphatic hydroxyl groups excluding tert-OH is 1. The lowest BCUT2D eigenvalue weighted by Gasteiger charge is -2.32. The van der Waals surface area contributed by atoms with Crippen molar-refractivity contribution in [1.82, 2.24) is 4.90 Å². The summed E-state index contributed by atoms with van der Waals surface area (Å²) in [7, 11) is 0. The zero-order valence-electron chi connectivity index (χ0n) is 10.3. The average Bonchev–Trinajstić information content (AvgIpc) is 2.33. The van der Waals surface area contributed by atoms with Gasteiger partial charge in [-0.3, -0.25) is 4.90 Å². The van der Waals surface area contributed by atoms with E-state index in [-0.39, 0.29) is 12.4 Å². The molecule has 1 aromatic carbocycles. The lowest BCUT2D eigenvalue weighted by atomic mass is 9.98. The van der Waals surface area contributed by atoms with Crippen molar-refractivity contribution < 1.29 is 9.50 Å². The van der Waals surface area contributed by atoms with Crippen molar-refractivity contribution in [3.63, 3.8) is 0 Å². The Bertz CT molecular complexity index is 380. The van der Waals surface area contributed by atoms with E-state index in [2.05, 4.69) is 4.90 Å². The minimum absolute atomic E-state index is 0.168. The van der Waals surface area contributed by atoms with Crippen molar-refractivity contribution in [3.8, 4) is 0 Å². The van der Waals surface area contributed by atoms with Crippen molar-refractivity contribution in [2.45, 2.75) is 26.3 Å². The molecule has 1 aliphatic rings. The molecule has 2 rings (SSSR count). The van der Waals surface area contributed by atoms with Crippen LogP contribution < -0.4 is 0 Å². The standard InChI is InChI=1S/C14H20FNO/c1-11-7-14(15)5-4-13(11)9-16-6-2-3-12(8-16)10-17/h4-5,7,12,17H,2-3,6,8-10H2,1H3. The average molecular weight is 237 g/mol. The fourth-order valence-electron chi connectivity index (χ4n) is 2.52. The Morgan fingerprint density at radius 1 is 1.47 bits per heavy atom. The van der Waals surface area contributed by atoms with Crippen molar-refractivity contribution in [2.24, 2.45) is 5.92 Å². The van der Waals surface area contributed by atoms with E-state index >= 15 is 0 Å². The third-order valence-corrected chi connectivity index (χ3v) is 3.56. The number of aryl methyl sites for hydroxylation is 1. The monoisotopic (exact) mass is 237 g/mol. The number of hydrogen-bond acceptors (Lipinski definition) is 2. The summed E-state index contributed by atoms with van der Waals surface area (Å²) in [5.41, 5.74) is 2.20. The van der Waals surface area contributed by atoms with E-state index < -0.39 is 0 Å². The Morgan fingerprint density at radius 3 is 3.00 bits per heavy atom. The molecule has 94 valence electrons. The first-order chi connectivity index (χ1) is 8.19. The van der Waals surface area contributed by atoms with Gasteiger partial charge >= 0.3 is 0 Å². The predicted octanol–water partition coefficient (Wildman–Crippen LogP) is 2.34. The molecule has 0 saturated carbocycles. The molecule has 1 fully saturated rings. The first kappa shape index (κ1) is 12.5. The summed E-state index contributed by atoms with van der Waals surface area (Å²) >= 11 is 0. The molecular formula is C14H20FNO. The number of aliphatic hydroxyl groups is 1. The first-order valence-corrected chi connectivity index (χ1v) is 6.27. The summed E-state index contributed by atoms with van der Waals surface area (Å²) < 4.78 is 13.0. The van der Waals surface area contributed by atoms with Crippen LogP contribution in [-0.4, -0.2) is 29.7 Å². The molecule has 0 aliphatic carbocycles. The van der Waals surface area contributed by atoms with Crippen LogP contribution in [0.3, 0.4) is 0 Å². The number of halogens is 1. The van der Waals surface area contributed by atoms with Gasteiger partial charge in [-0.15, -0.1) is 0 Å². The second-order valence-electron chi connectivity index (χ2n) is 5.00. The second kappa shape index (κ2) is 5.61. The highest BCUT2D eigenvalue weighted by atomic mass is 19.1. The van der Waals surface area contributed by atoms with E-state index in [4.69, 9.17) is 0 Å². The van der Waals surface area contributed by atoms with Crippen molar-refractivity contribution in [1.29, 1.82) is 0 Å². The zero-order valence-corrected chi connectivity index (χ0v) is 10.3. The summed E-state index contributed by atoms with van der Waals surface area (Å²) in [6.07, 6.45) is 2.26. The third-order valence-electron chi connectivity index (χ3n) is 3.56. The fraction of sp³-hybridized carbons (Fsp3) is 0.571. The van der Waals surface area contributed by atoms with Crippen LogP contribution >= 0.6 is 0 Å². The molecule has 0 spiro atoms. The lowest BCUT2D eigenvalue weighted by molar-refractivity contribution is 0.115. The van der Waals surface area contributed by atoms with Crippen LogP contribution in [0.1, 0.15) is 24.0 Å². The van der Waals surface area contributed by atoms with E-state index in [1.807, 2.05) is 13.0 Å². The molecule has 1 aliphatic heterocycles. The number of piperidine rings is 1. The van der Waals surface area contributed by atoms with Crippen LogP contribution in [0, 0.1) is 18.7 Å². The molecule has 1 N–H and O–H groups in total. The topological polar surface area (TPSA) is 23.5 Å². The highest BCUT2D eigenvalue weighted by molar-refractivity contribution is 5.26. The molecular weight excluding hydrogens is 217 g/mol. The molecule has 17 heavy (non-hydrogen) atoms. The summed E-state index contributed by atoms with van der Waals surface area (Å²) in [4.78, 5) is 2.35. The Morgan fingerprint density at radius 2 is 2.29 bits per heavy atom. The maximum atomic E-state index is 13.0. The highest BCUT2D eigenvalue weighted by Gasteiger charge is 2.19. The van der Waals surface area contributed by atoms with E-state index in [1.165, 1.54) is 11.6 Å². The van der Waals surface area contributed by atoms with Crippen LogP contribution in [0.25, 0.3) is 0 Å². The SMILES string of the molecule is Cc1cc(F)ccc1CN1CCCC(CO)C1. The van der Waals surface area contributed by atoms with Crippen LogP contribution in [0.4, 0.5) is 4.39 Å². The number of benzene rings is 1. The van der Waals surface area contributed by atoms with Crippen LogP contribution in [-0.2, 0) is 6.54 Å². The molecule has 0 radical (unpaired) electrons. The predicted molar refractivity (Wildman–Crippen MR) is 66.2 cm³/mol. The lowest BCUT2D eigenvalue weighted by Crippen LogP contribution is -2.36. The Labute approximate surface area is 102 Å². The molecule has 1 saturated heterocycles. The largest absolute Gasteiger partial charge is 0.396 e. The van der Waals surface area contributed by atoms with Gasteiger partial charge in [-0.2, -0.15) is 0 Å². The fourth-order valence-corrected chi connectivity index (χ4v) is 2.52. The molecule has 0 amide bonds. The van der Waals surface area contributed by atoms with Crippen LogP contribution in [0.15, 0.2) is 18.2 Å². The Kier molecular flexibility index (Phi) is 4.13. The summed E-state index contributed by atoms with van der Waals surface area (Å²) in [5, 5.41) is 9.19. The van der Waals surface area contributed by atoms with Crippen molar-refractivity contribution in [3.05, 3.63) is 35.1 Å². The van der Waals surface area contributed by atoms with E-state index in [0.717, 1.165) is 38.0 Å². The van der Waals surface area contributed by atoms with Gasteiger partial charge in [0.25, 0.3) is 0 Å². The summed E-state index contributed by atoms with van der Waals surface area (Å²) in [6.45, 7) is 5.12. The maximum absolute atomic E-state index is 13.0. The van der Waals surface area contributed by atoms with E-state index in [1.54, 1.807) is 6.07 Å². The van der Waals surface area contributed by atoms with Gasteiger partial charge < -0.3 is 5.11 Å². The first-order valence-electron chi connectivity index (χ1n) is 6.27. The molecule has 2 nitrogen and oxygen atoms in total. The molecule has 1 heterocycles. The van der Waals surface area contributed by atoms with Crippen molar-refractivity contribution in [2.75, 3.05) is 19.7 Å². The van der Waals surface area contributed by atoms with Crippen LogP contribution in [0.2, 0.25) is 0 Å². The van der Waals surface area contributed by atoms with Gasteiger partial charge in [-0.25, -0.2) is 4.39 Å². The Balaban J connectivity index is 2.00. The van der Waals surface area contributed by atoms with Gasteiger partial charge in [0.1, 0.15) is 5.82 Å². The van der Waals surface area contributed by atoms with Gasteiger partial charge in [0.2, 0.25) is 0 Å². The molecule has 1 unspecified atom stereocenters. The number of hydrogen-bond donors (Lipinski definition) is 1. The highest BCUT2D eigenvalue weighted by Crippen LogP contribution is 2.19. The zero-order chi connectivity index (χ0) is 12.3. The smallest absolute Gasteiger partial charge is 0.123 e. The molecule has 3 heteroatoms. The number of rotatable bonds is 3. The Hall–Kier alpha value is -0.930. The maximum Gasteiger partial charge on any atom is 0.123 e. The minimum atomic E-state index is -0.168. The van der Waals surface area contributed by atoms with Gasteiger partial charge in [0.15, 0.2) is 0 Å². The number of nitrogens with zero attached hydrogens (tertiary/aromatic N) is 1. The summed E-state index contributed by atoms with van der Waals surface area (Å²) in [6, 6.07) is 4.98. The molecule has 1 aromatic rings. The second-order valence-corrected chi connectivity index (χ2v) is 5.00. The van der Waals surface area contributed by atoms with Gasteiger partial charge in [-0.05, 0) is 55.5 Å². The van der Waals surface area contributed by atoms with Gasteiger partial charge in [0.05, 0.1) is 0 Å². The molecule has 1 atom stereocenters. The molecule has 0 aromatic heterocycles. The molecule has 0 bridgehead atoms. The number of likely N-dealkylation sites (tertiary alicyclic amines) is 1. The van der Waals surface area contributed by atoms with E-state index in [9.17, 15) is 9.50 Å². The quantitative estimate of drug-likeness (QED) is 0.872. The van der Waals surface area contributed by atoms with Crippen molar-refractivity contribution >= 4 is 0 Å².